The van der Waals surface area contributed by atoms with Gasteiger partial charge >= 0.3 is 5.97 Å². The highest BCUT2D eigenvalue weighted by atomic mass is 79.9. The summed E-state index contributed by atoms with van der Waals surface area (Å²) in [5, 5.41) is 13.1. The van der Waals surface area contributed by atoms with Gasteiger partial charge in [-0.2, -0.15) is 5.10 Å². The van der Waals surface area contributed by atoms with Gasteiger partial charge in [0.1, 0.15) is 5.75 Å². The molecule has 0 spiro atoms. The number of aromatic nitrogens is 2. The zero-order chi connectivity index (χ0) is 13.3. The van der Waals surface area contributed by atoms with Crippen LogP contribution in [0.5, 0.6) is 5.75 Å². The Balaban J connectivity index is 2.50. The van der Waals surface area contributed by atoms with Crippen molar-refractivity contribution in [1.82, 2.24) is 9.78 Å². The molecule has 6 heteroatoms. The Bertz CT molecular complexity index is 590. The number of hydrogen-bond acceptors (Lipinski definition) is 3. The van der Waals surface area contributed by atoms with Gasteiger partial charge in [0.15, 0.2) is 5.69 Å². The van der Waals surface area contributed by atoms with E-state index in [1.54, 1.807) is 30.8 Å². The molecule has 0 fully saturated rings. The first-order valence-electron chi connectivity index (χ1n) is 5.17. The third-order valence-corrected chi connectivity index (χ3v) is 3.51. The molecule has 0 saturated carbocycles. The highest BCUT2D eigenvalue weighted by Crippen LogP contribution is 2.24. The number of rotatable bonds is 3. The largest absolute Gasteiger partial charge is 0.497 e. The second kappa shape index (κ2) is 4.81. The molecule has 1 heterocycles. The van der Waals surface area contributed by atoms with Gasteiger partial charge in [-0.15, -0.1) is 0 Å². The smallest absolute Gasteiger partial charge is 0.357 e. The number of aromatic carboxylic acids is 1. The van der Waals surface area contributed by atoms with E-state index in [0.717, 1.165) is 17.1 Å². The number of ether oxygens (including phenoxy) is 1. The monoisotopic (exact) mass is 310 g/mol. The second-order valence-electron chi connectivity index (χ2n) is 3.66. The van der Waals surface area contributed by atoms with E-state index < -0.39 is 5.97 Å². The summed E-state index contributed by atoms with van der Waals surface area (Å²) in [6.45, 7) is 1.80. The molecule has 1 aromatic heterocycles. The molecule has 0 bridgehead atoms. The molecule has 0 aliphatic carbocycles. The number of carboxylic acids is 1. The van der Waals surface area contributed by atoms with Crippen LogP contribution in [0.3, 0.4) is 0 Å². The number of hydrogen-bond donors (Lipinski definition) is 1. The molecular formula is C12H11BrN2O3. The maximum absolute atomic E-state index is 11.0. The van der Waals surface area contributed by atoms with Crippen LogP contribution in [0.1, 0.15) is 16.2 Å². The van der Waals surface area contributed by atoms with Crippen LogP contribution >= 0.6 is 15.9 Å². The van der Waals surface area contributed by atoms with Crippen LogP contribution in [-0.4, -0.2) is 28.0 Å². The second-order valence-corrected chi connectivity index (χ2v) is 4.46. The quantitative estimate of drug-likeness (QED) is 0.946. The van der Waals surface area contributed by atoms with Crippen molar-refractivity contribution >= 4 is 21.9 Å². The summed E-state index contributed by atoms with van der Waals surface area (Å²) >= 11 is 3.24. The van der Waals surface area contributed by atoms with E-state index in [9.17, 15) is 4.79 Å². The summed E-state index contributed by atoms with van der Waals surface area (Å²) < 4.78 is 7.14. The predicted molar refractivity (Wildman–Crippen MR) is 69.5 cm³/mol. The number of nitrogens with zero attached hydrogens (tertiary/aromatic N) is 2. The van der Waals surface area contributed by atoms with Gasteiger partial charge in [-0.05, 0) is 47.1 Å². The molecule has 0 unspecified atom stereocenters. The molecule has 2 rings (SSSR count). The lowest BCUT2D eigenvalue weighted by atomic mass is 10.3. The van der Waals surface area contributed by atoms with E-state index in [2.05, 4.69) is 21.0 Å². The van der Waals surface area contributed by atoms with Crippen molar-refractivity contribution in [3.63, 3.8) is 0 Å². The van der Waals surface area contributed by atoms with E-state index in [-0.39, 0.29) is 5.69 Å². The van der Waals surface area contributed by atoms with Crippen molar-refractivity contribution in [3.8, 4) is 11.4 Å². The summed E-state index contributed by atoms with van der Waals surface area (Å²) in [4.78, 5) is 11.0. The van der Waals surface area contributed by atoms with Crippen molar-refractivity contribution < 1.29 is 14.6 Å². The topological polar surface area (TPSA) is 64.4 Å². The van der Waals surface area contributed by atoms with Gasteiger partial charge in [0.2, 0.25) is 0 Å². The molecule has 1 N–H and O–H groups in total. The molecule has 0 aliphatic heterocycles. The molecule has 0 radical (unpaired) electrons. The molecule has 5 nitrogen and oxygen atoms in total. The highest BCUT2D eigenvalue weighted by Gasteiger charge is 2.18. The standard InChI is InChI=1S/C12H11BrN2O3/c1-7-10(13)11(12(16)17)14-15(7)8-3-5-9(18-2)6-4-8/h3-6H,1-2H3,(H,16,17). The Morgan fingerprint density at radius 3 is 2.44 bits per heavy atom. The minimum atomic E-state index is -1.06. The minimum Gasteiger partial charge on any atom is -0.497 e. The Hall–Kier alpha value is -1.82. The maximum Gasteiger partial charge on any atom is 0.357 e. The lowest BCUT2D eigenvalue weighted by Gasteiger charge is -2.05. The Morgan fingerprint density at radius 1 is 1.39 bits per heavy atom. The van der Waals surface area contributed by atoms with E-state index in [1.807, 2.05) is 12.1 Å². The molecular weight excluding hydrogens is 300 g/mol. The van der Waals surface area contributed by atoms with Gasteiger partial charge < -0.3 is 9.84 Å². The fourth-order valence-corrected chi connectivity index (χ4v) is 2.01. The summed E-state index contributed by atoms with van der Waals surface area (Å²) in [7, 11) is 1.59. The van der Waals surface area contributed by atoms with Gasteiger partial charge in [0, 0.05) is 0 Å². The Labute approximate surface area is 112 Å². The molecule has 0 atom stereocenters. The van der Waals surface area contributed by atoms with E-state index >= 15 is 0 Å². The van der Waals surface area contributed by atoms with Gasteiger partial charge in [0.25, 0.3) is 0 Å². The first-order valence-corrected chi connectivity index (χ1v) is 5.96. The third-order valence-electron chi connectivity index (χ3n) is 2.56. The number of carboxylic acid groups (broad SMARTS) is 1. The number of methoxy groups -OCH3 is 1. The maximum atomic E-state index is 11.0. The molecule has 1 aromatic carbocycles. The van der Waals surface area contributed by atoms with Crippen molar-refractivity contribution in [2.75, 3.05) is 7.11 Å². The summed E-state index contributed by atoms with van der Waals surface area (Å²) in [5.74, 6) is -0.321. The molecule has 0 amide bonds. The minimum absolute atomic E-state index is 0.00307. The first kappa shape index (κ1) is 12.6. The first-order chi connectivity index (χ1) is 8.54. The van der Waals surface area contributed by atoms with Crippen LogP contribution in [-0.2, 0) is 0 Å². The SMILES string of the molecule is COc1ccc(-n2nc(C(=O)O)c(Br)c2C)cc1. The van der Waals surface area contributed by atoms with Gasteiger partial charge in [-0.3, -0.25) is 0 Å². The van der Waals surface area contributed by atoms with Crippen LogP contribution < -0.4 is 4.74 Å². The fourth-order valence-electron chi connectivity index (χ4n) is 1.59. The number of benzene rings is 1. The normalized spacial score (nSPS) is 10.4. The van der Waals surface area contributed by atoms with Gasteiger partial charge in [-0.25, -0.2) is 9.48 Å². The lowest BCUT2D eigenvalue weighted by Crippen LogP contribution is -2.02. The highest BCUT2D eigenvalue weighted by molar-refractivity contribution is 9.10. The van der Waals surface area contributed by atoms with Crippen LogP contribution in [0.25, 0.3) is 5.69 Å². The van der Waals surface area contributed by atoms with Crippen LogP contribution in [0.2, 0.25) is 0 Å². The Morgan fingerprint density at radius 2 is 2.00 bits per heavy atom. The van der Waals surface area contributed by atoms with Crippen molar-refractivity contribution in [2.45, 2.75) is 6.92 Å². The lowest BCUT2D eigenvalue weighted by molar-refractivity contribution is 0.0689. The van der Waals surface area contributed by atoms with Gasteiger partial charge in [-0.1, -0.05) is 0 Å². The molecule has 94 valence electrons. The molecule has 0 aliphatic rings. The zero-order valence-corrected chi connectivity index (χ0v) is 11.4. The number of halogens is 1. The molecule has 18 heavy (non-hydrogen) atoms. The predicted octanol–water partition coefficient (Wildman–Crippen LogP) is 2.65. The molecule has 0 saturated heterocycles. The van der Waals surface area contributed by atoms with Crippen molar-refractivity contribution in [2.24, 2.45) is 0 Å². The van der Waals surface area contributed by atoms with Crippen LogP contribution in [0.4, 0.5) is 0 Å². The van der Waals surface area contributed by atoms with Crippen molar-refractivity contribution in [3.05, 3.63) is 40.1 Å². The van der Waals surface area contributed by atoms with E-state index in [0.29, 0.717) is 4.47 Å². The Kier molecular flexibility index (Phi) is 3.38. The van der Waals surface area contributed by atoms with Crippen LogP contribution in [0, 0.1) is 6.92 Å². The third kappa shape index (κ3) is 2.11. The zero-order valence-electron chi connectivity index (χ0n) is 9.85. The average molecular weight is 311 g/mol. The summed E-state index contributed by atoms with van der Waals surface area (Å²) in [6.07, 6.45) is 0. The van der Waals surface area contributed by atoms with E-state index in [4.69, 9.17) is 9.84 Å². The van der Waals surface area contributed by atoms with Crippen molar-refractivity contribution in [1.29, 1.82) is 0 Å². The fraction of sp³-hybridized carbons (Fsp3) is 0.167. The van der Waals surface area contributed by atoms with E-state index in [1.165, 1.54) is 0 Å². The number of carbonyl (C=O) groups is 1. The summed E-state index contributed by atoms with van der Waals surface area (Å²) in [6, 6.07) is 7.23. The van der Waals surface area contributed by atoms with Crippen LogP contribution in [0.15, 0.2) is 28.7 Å². The van der Waals surface area contributed by atoms with Gasteiger partial charge in [0.05, 0.1) is 23.0 Å². The molecule has 2 aromatic rings. The summed E-state index contributed by atoms with van der Waals surface area (Å²) in [5.41, 5.74) is 1.52. The average Bonchev–Trinajstić information content (AvgIpc) is 2.67.